The Morgan fingerprint density at radius 3 is 2.67 bits per heavy atom. The molecule has 8 heteroatoms. The smallest absolute Gasteiger partial charge is 0.266 e. The summed E-state index contributed by atoms with van der Waals surface area (Å²) in [6.45, 7) is 1.71. The van der Waals surface area contributed by atoms with E-state index in [0.29, 0.717) is 11.3 Å². The number of nitrogens with one attached hydrogen (secondary N) is 1. The highest BCUT2D eigenvalue weighted by Gasteiger charge is 2.18. The lowest BCUT2D eigenvalue weighted by Gasteiger charge is -2.07. The maximum atomic E-state index is 11.9. The van der Waals surface area contributed by atoms with Gasteiger partial charge < -0.3 is 0 Å². The van der Waals surface area contributed by atoms with E-state index in [1.165, 1.54) is 24.4 Å². The van der Waals surface area contributed by atoms with Crippen molar-refractivity contribution in [3.8, 4) is 0 Å². The predicted octanol–water partition coefficient (Wildman–Crippen LogP) is 1.70. The Morgan fingerprint density at radius 2 is 2.05 bits per heavy atom. The molecule has 0 fully saturated rings. The van der Waals surface area contributed by atoms with Crippen molar-refractivity contribution < 1.29 is 13.2 Å². The molecule has 6 nitrogen and oxygen atoms in total. The summed E-state index contributed by atoms with van der Waals surface area (Å²) < 4.78 is 25.8. The van der Waals surface area contributed by atoms with E-state index in [9.17, 15) is 13.2 Å². The minimum absolute atomic E-state index is 0.0489. The van der Waals surface area contributed by atoms with E-state index in [0.717, 1.165) is 0 Å². The van der Waals surface area contributed by atoms with Crippen LogP contribution in [0.2, 0.25) is 5.15 Å². The van der Waals surface area contributed by atoms with E-state index >= 15 is 0 Å². The van der Waals surface area contributed by atoms with Gasteiger partial charge in [-0.2, -0.15) is 0 Å². The summed E-state index contributed by atoms with van der Waals surface area (Å²) in [4.78, 5) is 19.6. The van der Waals surface area contributed by atoms with Gasteiger partial charge in [-0.15, -0.1) is 0 Å². The van der Waals surface area contributed by atoms with Crippen molar-refractivity contribution in [3.63, 3.8) is 0 Å². The molecule has 0 radical (unpaired) electrons. The lowest BCUT2D eigenvalue weighted by Crippen LogP contribution is -2.32. The van der Waals surface area contributed by atoms with Gasteiger partial charge in [0.25, 0.3) is 5.91 Å². The number of hydrogen-bond acceptors (Lipinski definition) is 5. The third kappa shape index (κ3) is 4.51. The molecule has 21 heavy (non-hydrogen) atoms. The molecular formula is C13H12ClN3O3S. The van der Waals surface area contributed by atoms with E-state index in [1.54, 1.807) is 19.1 Å². The first-order valence-corrected chi connectivity index (χ1v) is 7.98. The molecule has 0 atom stereocenters. The number of nitrogens with zero attached hydrogens (tertiary/aromatic N) is 2. The molecule has 0 bridgehead atoms. The van der Waals surface area contributed by atoms with E-state index in [1.807, 2.05) is 4.72 Å². The van der Waals surface area contributed by atoms with E-state index in [-0.39, 0.29) is 16.6 Å². The predicted molar refractivity (Wildman–Crippen MR) is 78.3 cm³/mol. The zero-order chi connectivity index (χ0) is 15.5. The normalized spacial score (nSPS) is 11.1. The lowest BCUT2D eigenvalue weighted by molar-refractivity contribution is 0.0976. The summed E-state index contributed by atoms with van der Waals surface area (Å²) in [5.41, 5.74) is 1.10. The fourth-order valence-electron chi connectivity index (χ4n) is 1.61. The highest BCUT2D eigenvalue weighted by Crippen LogP contribution is 2.08. The van der Waals surface area contributed by atoms with Crippen molar-refractivity contribution in [1.82, 2.24) is 14.7 Å². The van der Waals surface area contributed by atoms with Crippen LogP contribution in [0.15, 0.2) is 36.5 Å². The first-order valence-electron chi connectivity index (χ1n) is 5.95. The Hall–Kier alpha value is -1.99. The number of pyridine rings is 2. The van der Waals surface area contributed by atoms with Gasteiger partial charge in [-0.3, -0.25) is 4.79 Å². The molecule has 110 valence electrons. The zero-order valence-electron chi connectivity index (χ0n) is 11.1. The standard InChI is InChI=1S/C13H12ClN3O3S/c1-9-3-2-4-11(16-9)13(18)17-21(19,20)8-10-5-6-12(14)15-7-10/h2-7H,8H2,1H3,(H,17,18). The number of amides is 1. The summed E-state index contributed by atoms with van der Waals surface area (Å²) >= 11 is 5.62. The fourth-order valence-corrected chi connectivity index (χ4v) is 2.79. The van der Waals surface area contributed by atoms with Crippen LogP contribution in [0.5, 0.6) is 0 Å². The quantitative estimate of drug-likeness (QED) is 0.864. The molecule has 1 amide bonds. The minimum Gasteiger partial charge on any atom is -0.266 e. The molecule has 2 heterocycles. The van der Waals surface area contributed by atoms with Crippen molar-refractivity contribution in [3.05, 3.63) is 58.6 Å². The van der Waals surface area contributed by atoms with Gasteiger partial charge in [0.05, 0.1) is 5.75 Å². The number of aryl methyl sites for hydroxylation is 1. The highest BCUT2D eigenvalue weighted by molar-refractivity contribution is 7.89. The number of carbonyl (C=O) groups is 1. The van der Waals surface area contributed by atoms with Gasteiger partial charge in [-0.05, 0) is 30.7 Å². The van der Waals surface area contributed by atoms with Crippen LogP contribution >= 0.6 is 11.6 Å². The van der Waals surface area contributed by atoms with Crippen LogP contribution in [0.3, 0.4) is 0 Å². The summed E-state index contributed by atoms with van der Waals surface area (Å²) in [5.74, 6) is -1.13. The first kappa shape index (κ1) is 15.4. The summed E-state index contributed by atoms with van der Waals surface area (Å²) in [6.07, 6.45) is 1.34. The van der Waals surface area contributed by atoms with E-state index in [2.05, 4.69) is 9.97 Å². The van der Waals surface area contributed by atoms with Crippen LogP contribution in [0.25, 0.3) is 0 Å². The number of aromatic nitrogens is 2. The highest BCUT2D eigenvalue weighted by atomic mass is 35.5. The maximum absolute atomic E-state index is 11.9. The molecule has 0 aliphatic rings. The van der Waals surface area contributed by atoms with Crippen LogP contribution in [-0.2, 0) is 15.8 Å². The second-order valence-electron chi connectivity index (χ2n) is 4.34. The topological polar surface area (TPSA) is 89.0 Å². The van der Waals surface area contributed by atoms with Crippen LogP contribution in [0.4, 0.5) is 0 Å². The molecule has 0 spiro atoms. The molecule has 0 aliphatic heterocycles. The Bertz CT molecular complexity index is 760. The number of carbonyl (C=O) groups excluding carboxylic acids is 1. The third-order valence-corrected chi connectivity index (χ3v) is 3.95. The average molecular weight is 326 g/mol. The van der Waals surface area contributed by atoms with Gasteiger partial charge >= 0.3 is 0 Å². The Balaban J connectivity index is 2.10. The second kappa shape index (κ2) is 6.19. The van der Waals surface area contributed by atoms with Crippen molar-refractivity contribution in [1.29, 1.82) is 0 Å². The van der Waals surface area contributed by atoms with E-state index in [4.69, 9.17) is 11.6 Å². The molecule has 0 saturated carbocycles. The van der Waals surface area contributed by atoms with Crippen LogP contribution in [0, 0.1) is 6.92 Å². The number of halogens is 1. The molecule has 0 aliphatic carbocycles. The van der Waals surface area contributed by atoms with Gasteiger partial charge in [-0.25, -0.2) is 23.1 Å². The Morgan fingerprint density at radius 1 is 1.29 bits per heavy atom. The molecular weight excluding hydrogens is 314 g/mol. The van der Waals surface area contributed by atoms with Gasteiger partial charge in [-0.1, -0.05) is 23.7 Å². The molecule has 0 unspecified atom stereocenters. The maximum Gasteiger partial charge on any atom is 0.283 e. The minimum atomic E-state index is -3.83. The molecule has 0 saturated heterocycles. The van der Waals surface area contributed by atoms with Gasteiger partial charge in [0, 0.05) is 11.9 Å². The summed E-state index contributed by atoms with van der Waals surface area (Å²) in [5, 5.41) is 0.268. The van der Waals surface area contributed by atoms with Gasteiger partial charge in [0.2, 0.25) is 10.0 Å². The fraction of sp³-hybridized carbons (Fsp3) is 0.154. The molecule has 2 aromatic heterocycles. The van der Waals surface area contributed by atoms with Crippen molar-refractivity contribution in [2.45, 2.75) is 12.7 Å². The third-order valence-electron chi connectivity index (χ3n) is 2.51. The molecule has 1 N–H and O–H groups in total. The number of rotatable bonds is 4. The number of sulfonamides is 1. The first-order chi connectivity index (χ1) is 9.85. The van der Waals surface area contributed by atoms with Crippen molar-refractivity contribution >= 4 is 27.5 Å². The summed E-state index contributed by atoms with van der Waals surface area (Å²) in [7, 11) is -3.83. The Kier molecular flexibility index (Phi) is 4.54. The lowest BCUT2D eigenvalue weighted by atomic mass is 10.3. The van der Waals surface area contributed by atoms with Crippen LogP contribution < -0.4 is 4.72 Å². The SMILES string of the molecule is Cc1cccc(C(=O)NS(=O)(=O)Cc2ccc(Cl)nc2)n1. The van der Waals surface area contributed by atoms with Crippen molar-refractivity contribution in [2.75, 3.05) is 0 Å². The van der Waals surface area contributed by atoms with Crippen molar-refractivity contribution in [2.24, 2.45) is 0 Å². The van der Waals surface area contributed by atoms with Gasteiger partial charge in [0.1, 0.15) is 10.8 Å². The molecule has 2 rings (SSSR count). The second-order valence-corrected chi connectivity index (χ2v) is 6.45. The Labute approximate surface area is 127 Å². The monoisotopic (exact) mass is 325 g/mol. The summed E-state index contributed by atoms with van der Waals surface area (Å²) in [6, 6.07) is 7.81. The van der Waals surface area contributed by atoms with Crippen LogP contribution in [0.1, 0.15) is 21.7 Å². The number of hydrogen-bond donors (Lipinski definition) is 1. The van der Waals surface area contributed by atoms with Crippen LogP contribution in [-0.4, -0.2) is 24.3 Å². The molecule has 2 aromatic rings. The zero-order valence-corrected chi connectivity index (χ0v) is 12.6. The average Bonchev–Trinajstić information content (AvgIpc) is 2.40. The van der Waals surface area contributed by atoms with E-state index < -0.39 is 15.9 Å². The largest absolute Gasteiger partial charge is 0.283 e. The molecule has 0 aromatic carbocycles. The van der Waals surface area contributed by atoms with Gasteiger partial charge in [0.15, 0.2) is 0 Å².